The lowest BCUT2D eigenvalue weighted by atomic mass is 9.99. The fourth-order valence-electron chi connectivity index (χ4n) is 6.97. The zero-order valence-electron chi connectivity index (χ0n) is 26.9. The molecule has 0 saturated carbocycles. The predicted octanol–water partition coefficient (Wildman–Crippen LogP) is 12.6. The molecule has 0 N–H and O–H groups in total. The molecule has 234 valence electrons. The maximum Gasteiger partial charge on any atom is 0.160 e. The molecule has 0 aliphatic heterocycles. The molecular formula is C46H28N2O2. The van der Waals surface area contributed by atoms with Crippen LogP contribution in [0.1, 0.15) is 0 Å². The van der Waals surface area contributed by atoms with Crippen LogP contribution in [-0.4, -0.2) is 9.97 Å². The number of hydrogen-bond acceptors (Lipinski definition) is 4. The second-order valence-corrected chi connectivity index (χ2v) is 12.6. The van der Waals surface area contributed by atoms with E-state index in [-0.39, 0.29) is 0 Å². The predicted molar refractivity (Wildman–Crippen MR) is 204 cm³/mol. The molecule has 0 atom stereocenters. The Bertz CT molecular complexity index is 2730. The third-order valence-corrected chi connectivity index (χ3v) is 9.52. The van der Waals surface area contributed by atoms with Crippen LogP contribution in [0.25, 0.3) is 100 Å². The molecular weight excluding hydrogens is 613 g/mol. The molecule has 3 aromatic heterocycles. The first-order valence-electron chi connectivity index (χ1n) is 16.7. The van der Waals surface area contributed by atoms with Crippen LogP contribution in [0.2, 0.25) is 0 Å². The zero-order chi connectivity index (χ0) is 33.0. The second-order valence-electron chi connectivity index (χ2n) is 12.6. The smallest absolute Gasteiger partial charge is 0.160 e. The van der Waals surface area contributed by atoms with Gasteiger partial charge in [0.15, 0.2) is 5.82 Å². The number of benzene rings is 7. The Morgan fingerprint density at radius 1 is 0.280 bits per heavy atom. The van der Waals surface area contributed by atoms with Gasteiger partial charge in [0, 0.05) is 38.2 Å². The summed E-state index contributed by atoms with van der Waals surface area (Å²) in [5.74, 6) is 0.648. The normalized spacial score (nSPS) is 11.6. The third kappa shape index (κ3) is 4.85. The van der Waals surface area contributed by atoms with Crippen LogP contribution in [0, 0.1) is 0 Å². The number of nitrogens with zero attached hydrogens (tertiary/aromatic N) is 2. The average Bonchev–Trinajstić information content (AvgIpc) is 3.76. The number of fused-ring (bicyclic) bond motifs is 6. The van der Waals surface area contributed by atoms with Crippen molar-refractivity contribution in [3.8, 4) is 56.2 Å². The van der Waals surface area contributed by atoms with E-state index in [1.54, 1.807) is 0 Å². The molecule has 10 rings (SSSR count). The summed E-state index contributed by atoms with van der Waals surface area (Å²) in [6, 6.07) is 58.6. The molecule has 4 nitrogen and oxygen atoms in total. The topological polar surface area (TPSA) is 52.1 Å². The molecule has 0 aliphatic rings. The second kappa shape index (κ2) is 11.4. The van der Waals surface area contributed by atoms with E-state index in [0.717, 1.165) is 83.1 Å². The number of para-hydroxylation sites is 2. The molecule has 3 heterocycles. The van der Waals surface area contributed by atoms with Gasteiger partial charge in [-0.2, -0.15) is 0 Å². The fourth-order valence-corrected chi connectivity index (χ4v) is 6.97. The van der Waals surface area contributed by atoms with Crippen molar-refractivity contribution in [3.63, 3.8) is 0 Å². The molecule has 0 aliphatic carbocycles. The van der Waals surface area contributed by atoms with Crippen molar-refractivity contribution in [1.82, 2.24) is 9.97 Å². The van der Waals surface area contributed by atoms with Crippen LogP contribution in [0.3, 0.4) is 0 Å². The van der Waals surface area contributed by atoms with Gasteiger partial charge in [-0.1, -0.05) is 121 Å². The van der Waals surface area contributed by atoms with Gasteiger partial charge in [-0.3, -0.25) is 0 Å². The molecule has 10 aromatic rings. The first-order valence-corrected chi connectivity index (χ1v) is 16.7. The van der Waals surface area contributed by atoms with Gasteiger partial charge in [0.25, 0.3) is 0 Å². The molecule has 0 bridgehead atoms. The van der Waals surface area contributed by atoms with E-state index in [0.29, 0.717) is 5.82 Å². The Labute approximate surface area is 287 Å². The zero-order valence-corrected chi connectivity index (χ0v) is 26.9. The lowest BCUT2D eigenvalue weighted by molar-refractivity contribution is 0.668. The number of rotatable bonds is 5. The Morgan fingerprint density at radius 3 is 1.32 bits per heavy atom. The van der Waals surface area contributed by atoms with E-state index < -0.39 is 0 Å². The monoisotopic (exact) mass is 640 g/mol. The minimum absolute atomic E-state index is 0.648. The lowest BCUT2D eigenvalue weighted by Gasteiger charge is -2.11. The first kappa shape index (κ1) is 28.3. The van der Waals surface area contributed by atoms with Crippen LogP contribution in [0.15, 0.2) is 179 Å². The van der Waals surface area contributed by atoms with Crippen LogP contribution in [-0.2, 0) is 0 Å². The summed E-state index contributed by atoms with van der Waals surface area (Å²) in [4.78, 5) is 10.3. The van der Waals surface area contributed by atoms with E-state index in [1.165, 1.54) is 11.1 Å². The Balaban J connectivity index is 1.11. The van der Waals surface area contributed by atoms with Gasteiger partial charge in [0.2, 0.25) is 0 Å². The van der Waals surface area contributed by atoms with Crippen molar-refractivity contribution >= 4 is 43.9 Å². The van der Waals surface area contributed by atoms with Gasteiger partial charge in [-0.05, 0) is 70.8 Å². The highest BCUT2D eigenvalue weighted by Gasteiger charge is 2.15. The van der Waals surface area contributed by atoms with Crippen molar-refractivity contribution in [2.24, 2.45) is 0 Å². The van der Waals surface area contributed by atoms with Gasteiger partial charge < -0.3 is 8.83 Å². The number of aromatic nitrogens is 2. The highest BCUT2D eigenvalue weighted by molar-refractivity contribution is 6.07. The fraction of sp³-hybridized carbons (Fsp3) is 0. The van der Waals surface area contributed by atoms with Crippen LogP contribution in [0.4, 0.5) is 0 Å². The number of hydrogen-bond donors (Lipinski definition) is 0. The quantitative estimate of drug-likeness (QED) is 0.188. The largest absolute Gasteiger partial charge is 0.456 e. The average molecular weight is 641 g/mol. The lowest BCUT2D eigenvalue weighted by Crippen LogP contribution is -1.96. The molecule has 0 fully saturated rings. The molecule has 0 saturated heterocycles. The maximum absolute atomic E-state index is 6.27. The van der Waals surface area contributed by atoms with Crippen LogP contribution < -0.4 is 0 Å². The summed E-state index contributed by atoms with van der Waals surface area (Å²) >= 11 is 0. The molecule has 0 radical (unpaired) electrons. The summed E-state index contributed by atoms with van der Waals surface area (Å²) in [5.41, 5.74) is 12.5. The van der Waals surface area contributed by atoms with Gasteiger partial charge in [-0.25, -0.2) is 9.97 Å². The van der Waals surface area contributed by atoms with E-state index in [4.69, 9.17) is 18.8 Å². The Morgan fingerprint density at radius 2 is 0.720 bits per heavy atom. The van der Waals surface area contributed by atoms with Gasteiger partial charge in [0.05, 0.1) is 11.4 Å². The van der Waals surface area contributed by atoms with Crippen molar-refractivity contribution in [1.29, 1.82) is 0 Å². The summed E-state index contributed by atoms with van der Waals surface area (Å²) in [5, 5.41) is 4.37. The van der Waals surface area contributed by atoms with E-state index in [9.17, 15) is 0 Å². The van der Waals surface area contributed by atoms with Gasteiger partial charge in [-0.15, -0.1) is 0 Å². The molecule has 4 heteroatoms. The first-order chi connectivity index (χ1) is 24.7. The van der Waals surface area contributed by atoms with Gasteiger partial charge >= 0.3 is 0 Å². The minimum atomic E-state index is 0.648. The van der Waals surface area contributed by atoms with Crippen molar-refractivity contribution < 1.29 is 8.83 Å². The number of furan rings is 2. The summed E-state index contributed by atoms with van der Waals surface area (Å²) in [6.45, 7) is 0. The maximum atomic E-state index is 6.27. The van der Waals surface area contributed by atoms with Crippen LogP contribution in [0.5, 0.6) is 0 Å². The Hall–Kier alpha value is -6.78. The van der Waals surface area contributed by atoms with E-state index >= 15 is 0 Å². The molecule has 0 spiro atoms. The van der Waals surface area contributed by atoms with E-state index in [1.807, 2.05) is 42.5 Å². The summed E-state index contributed by atoms with van der Waals surface area (Å²) in [6.07, 6.45) is 0. The Kier molecular flexibility index (Phi) is 6.46. The molecule has 0 amide bonds. The van der Waals surface area contributed by atoms with Crippen molar-refractivity contribution in [2.45, 2.75) is 0 Å². The SMILES string of the molecule is c1ccc(-c2ccc(-c3cccc(-c4nc(-c5ccc6c(c5)oc5ccccc56)cc(-c5ccc6c(c5)oc5ccccc56)n4)c3)cc2)cc1. The summed E-state index contributed by atoms with van der Waals surface area (Å²) in [7, 11) is 0. The van der Waals surface area contributed by atoms with Crippen molar-refractivity contribution in [3.05, 3.63) is 170 Å². The highest BCUT2D eigenvalue weighted by Crippen LogP contribution is 2.36. The minimum Gasteiger partial charge on any atom is -0.456 e. The van der Waals surface area contributed by atoms with Crippen LogP contribution >= 0.6 is 0 Å². The third-order valence-electron chi connectivity index (χ3n) is 9.52. The van der Waals surface area contributed by atoms with Gasteiger partial charge in [0.1, 0.15) is 22.3 Å². The molecule has 50 heavy (non-hydrogen) atoms. The standard InChI is InChI=1S/C46H28N2O2/c1-2-9-29(10-3-1)30-17-19-31(20-18-30)32-11-8-12-35(25-32)46-47-40(33-21-23-38-36-13-4-6-15-42(36)49-44(38)26-33)28-41(48-46)34-22-24-39-37-14-5-7-16-43(37)50-45(39)27-34/h1-28H. The molecule has 0 unspecified atom stereocenters. The molecule has 7 aromatic carbocycles. The highest BCUT2D eigenvalue weighted by atomic mass is 16.3. The summed E-state index contributed by atoms with van der Waals surface area (Å²) < 4.78 is 12.5. The van der Waals surface area contributed by atoms with Crippen molar-refractivity contribution in [2.75, 3.05) is 0 Å². The van der Waals surface area contributed by atoms with E-state index in [2.05, 4.69) is 127 Å².